The van der Waals surface area contributed by atoms with Crippen LogP contribution in [0.5, 0.6) is 5.75 Å². The molecule has 2 N–H and O–H groups in total. The van der Waals surface area contributed by atoms with E-state index in [9.17, 15) is 0 Å². The number of nitrogens with two attached hydrogens (primary N) is 1. The molecule has 0 atom stereocenters. The number of aromatic nitrogens is 1. The van der Waals surface area contributed by atoms with E-state index in [0.717, 1.165) is 34.6 Å². The van der Waals surface area contributed by atoms with Crippen molar-refractivity contribution in [3.8, 4) is 5.75 Å². The predicted octanol–water partition coefficient (Wildman–Crippen LogP) is 3.44. The maximum Gasteiger partial charge on any atom is 0.140 e. The molecule has 2 aromatic rings. The molecule has 1 aliphatic carbocycles. The van der Waals surface area contributed by atoms with E-state index in [2.05, 4.69) is 4.98 Å². The van der Waals surface area contributed by atoms with E-state index in [1.165, 1.54) is 19.3 Å². The maximum atomic E-state index is 6.01. The van der Waals surface area contributed by atoms with Crippen LogP contribution in [0, 0.1) is 5.92 Å². The Hall–Kier alpha value is -1.68. The van der Waals surface area contributed by atoms with Gasteiger partial charge in [-0.05, 0) is 24.5 Å². The van der Waals surface area contributed by atoms with Crippen LogP contribution in [0.2, 0.25) is 0 Å². The molecule has 4 heteroatoms. The number of hydrogen-bond donors (Lipinski definition) is 1. The van der Waals surface area contributed by atoms with Gasteiger partial charge in [0.1, 0.15) is 10.7 Å². The van der Waals surface area contributed by atoms with Gasteiger partial charge in [0.2, 0.25) is 0 Å². The minimum Gasteiger partial charge on any atom is -0.492 e. The van der Waals surface area contributed by atoms with Crippen LogP contribution in [-0.2, 0) is 0 Å². The summed E-state index contributed by atoms with van der Waals surface area (Å²) in [6.07, 6.45) is 6.85. The van der Waals surface area contributed by atoms with Crippen molar-refractivity contribution < 1.29 is 4.74 Å². The molecule has 0 radical (unpaired) electrons. The predicted molar refractivity (Wildman–Crippen MR) is 85.1 cm³/mol. The second-order valence-electron chi connectivity index (χ2n) is 5.32. The van der Waals surface area contributed by atoms with Gasteiger partial charge in [-0.15, -0.1) is 0 Å². The van der Waals surface area contributed by atoms with Crippen molar-refractivity contribution in [2.75, 3.05) is 6.61 Å². The zero-order chi connectivity index (χ0) is 13.9. The molecular weight excluding hydrogens is 268 g/mol. The van der Waals surface area contributed by atoms with Crippen molar-refractivity contribution in [1.29, 1.82) is 0 Å². The van der Waals surface area contributed by atoms with Gasteiger partial charge in [-0.2, -0.15) is 0 Å². The van der Waals surface area contributed by atoms with Gasteiger partial charge < -0.3 is 10.5 Å². The minimum absolute atomic E-state index is 0.335. The van der Waals surface area contributed by atoms with Gasteiger partial charge in [-0.25, -0.2) is 0 Å². The van der Waals surface area contributed by atoms with Crippen LogP contribution < -0.4 is 10.5 Å². The number of hydrogen-bond acceptors (Lipinski definition) is 3. The van der Waals surface area contributed by atoms with E-state index < -0.39 is 0 Å². The van der Waals surface area contributed by atoms with E-state index in [1.807, 2.05) is 24.3 Å². The average Bonchev–Trinajstić information content (AvgIpc) is 2.41. The highest BCUT2D eigenvalue weighted by atomic mass is 32.1. The molecule has 0 aliphatic heterocycles. The normalized spacial score (nSPS) is 15.0. The van der Waals surface area contributed by atoms with Gasteiger partial charge >= 0.3 is 0 Å². The molecular formula is C16H18N2OS. The molecule has 1 saturated carbocycles. The third-order valence-electron chi connectivity index (χ3n) is 3.99. The fourth-order valence-corrected chi connectivity index (χ4v) is 2.70. The molecule has 0 amide bonds. The number of thiocarbonyl (C=S) groups is 1. The highest BCUT2D eigenvalue weighted by Gasteiger charge is 2.18. The standard InChI is InChI=1S/C16H18N2OS/c17-16(20)13-10-18-14-7-2-1-6-12(14)15(13)19-9-8-11-4-3-5-11/h1-2,6-7,10-11H,3-5,8-9H2,(H2,17,20). The van der Waals surface area contributed by atoms with E-state index >= 15 is 0 Å². The summed E-state index contributed by atoms with van der Waals surface area (Å²) in [7, 11) is 0. The molecule has 0 spiro atoms. The number of nitrogens with zero attached hydrogens (tertiary/aromatic N) is 1. The Morgan fingerprint density at radius 1 is 1.35 bits per heavy atom. The van der Waals surface area contributed by atoms with Crippen molar-refractivity contribution in [3.05, 3.63) is 36.0 Å². The summed E-state index contributed by atoms with van der Waals surface area (Å²) >= 11 is 5.11. The highest BCUT2D eigenvalue weighted by Crippen LogP contribution is 2.31. The largest absolute Gasteiger partial charge is 0.492 e. The molecule has 1 aliphatic rings. The van der Waals surface area contributed by atoms with Crippen LogP contribution in [0.3, 0.4) is 0 Å². The maximum absolute atomic E-state index is 6.01. The molecule has 0 unspecified atom stereocenters. The highest BCUT2D eigenvalue weighted by molar-refractivity contribution is 7.80. The quantitative estimate of drug-likeness (QED) is 0.855. The van der Waals surface area contributed by atoms with E-state index in [1.54, 1.807) is 6.20 Å². The summed E-state index contributed by atoms with van der Waals surface area (Å²) in [4.78, 5) is 4.72. The second-order valence-corrected chi connectivity index (χ2v) is 5.76. The number of benzene rings is 1. The monoisotopic (exact) mass is 286 g/mol. The van der Waals surface area contributed by atoms with E-state index in [0.29, 0.717) is 11.6 Å². The Bertz CT molecular complexity index is 637. The molecule has 20 heavy (non-hydrogen) atoms. The first-order valence-corrected chi connectivity index (χ1v) is 7.47. The van der Waals surface area contributed by atoms with Gasteiger partial charge in [-0.1, -0.05) is 43.6 Å². The van der Waals surface area contributed by atoms with Crippen LogP contribution in [0.1, 0.15) is 31.2 Å². The van der Waals surface area contributed by atoms with Crippen molar-refractivity contribution in [2.24, 2.45) is 11.7 Å². The summed E-state index contributed by atoms with van der Waals surface area (Å²) in [5.41, 5.74) is 7.42. The molecule has 0 bridgehead atoms. The SMILES string of the molecule is NC(=S)c1cnc2ccccc2c1OCCC1CCC1. The van der Waals surface area contributed by atoms with Gasteiger partial charge in [0, 0.05) is 11.6 Å². The number of para-hydroxylation sites is 1. The van der Waals surface area contributed by atoms with Gasteiger partial charge in [0.15, 0.2) is 0 Å². The third-order valence-corrected chi connectivity index (χ3v) is 4.21. The summed E-state index contributed by atoms with van der Waals surface area (Å²) in [5.74, 6) is 1.61. The lowest BCUT2D eigenvalue weighted by Crippen LogP contribution is -2.16. The third kappa shape index (κ3) is 2.61. The molecule has 1 heterocycles. The van der Waals surface area contributed by atoms with E-state index in [-0.39, 0.29) is 0 Å². The lowest BCUT2D eigenvalue weighted by molar-refractivity contribution is 0.223. The molecule has 1 aromatic carbocycles. The summed E-state index contributed by atoms with van der Waals surface area (Å²) in [6, 6.07) is 7.92. The average molecular weight is 286 g/mol. The molecule has 1 aromatic heterocycles. The summed E-state index contributed by atoms with van der Waals surface area (Å²) in [5, 5.41) is 0.978. The molecule has 3 nitrogen and oxygen atoms in total. The second kappa shape index (κ2) is 5.75. The Morgan fingerprint density at radius 3 is 2.85 bits per heavy atom. The minimum atomic E-state index is 0.335. The van der Waals surface area contributed by atoms with Crippen LogP contribution in [0.15, 0.2) is 30.5 Å². The lowest BCUT2D eigenvalue weighted by Gasteiger charge is -2.25. The lowest BCUT2D eigenvalue weighted by atomic mass is 9.83. The zero-order valence-corrected chi connectivity index (χ0v) is 12.2. The first-order chi connectivity index (χ1) is 9.75. The number of ether oxygens (including phenoxy) is 1. The van der Waals surface area contributed by atoms with Crippen molar-refractivity contribution in [3.63, 3.8) is 0 Å². The van der Waals surface area contributed by atoms with Crippen molar-refractivity contribution in [1.82, 2.24) is 4.98 Å². The smallest absolute Gasteiger partial charge is 0.140 e. The fourth-order valence-electron chi connectivity index (χ4n) is 2.56. The number of rotatable bonds is 5. The molecule has 1 fully saturated rings. The van der Waals surface area contributed by atoms with Gasteiger partial charge in [0.05, 0.1) is 17.7 Å². The van der Waals surface area contributed by atoms with Crippen molar-refractivity contribution >= 4 is 28.1 Å². The van der Waals surface area contributed by atoms with Crippen LogP contribution >= 0.6 is 12.2 Å². The Labute approximate surface area is 124 Å². The Balaban J connectivity index is 1.88. The molecule has 3 rings (SSSR count). The molecule has 0 saturated heterocycles. The van der Waals surface area contributed by atoms with Gasteiger partial charge in [0.25, 0.3) is 0 Å². The zero-order valence-electron chi connectivity index (χ0n) is 11.3. The van der Waals surface area contributed by atoms with Gasteiger partial charge in [-0.3, -0.25) is 4.98 Å². The summed E-state index contributed by atoms with van der Waals surface area (Å²) < 4.78 is 6.01. The molecule has 104 valence electrons. The topological polar surface area (TPSA) is 48.1 Å². The summed E-state index contributed by atoms with van der Waals surface area (Å²) in [6.45, 7) is 0.717. The Morgan fingerprint density at radius 2 is 2.15 bits per heavy atom. The first-order valence-electron chi connectivity index (χ1n) is 7.06. The Kier molecular flexibility index (Phi) is 3.83. The number of pyridine rings is 1. The van der Waals surface area contributed by atoms with Crippen LogP contribution in [-0.4, -0.2) is 16.6 Å². The van der Waals surface area contributed by atoms with Crippen LogP contribution in [0.25, 0.3) is 10.9 Å². The van der Waals surface area contributed by atoms with Crippen LogP contribution in [0.4, 0.5) is 0 Å². The fraction of sp³-hybridized carbons (Fsp3) is 0.375. The number of fused-ring (bicyclic) bond motifs is 1. The van der Waals surface area contributed by atoms with E-state index in [4.69, 9.17) is 22.7 Å². The van der Waals surface area contributed by atoms with Crippen molar-refractivity contribution in [2.45, 2.75) is 25.7 Å². The first kappa shape index (κ1) is 13.3.